The van der Waals surface area contributed by atoms with Crippen LogP contribution in [0.2, 0.25) is 0 Å². The number of carbonyl (C=O) groups is 3. The highest BCUT2D eigenvalue weighted by molar-refractivity contribution is 5.88. The number of carbonyl (C=O) groups excluding carboxylic acids is 3. The standard InChI is InChI=1S/C19H26N2O4/c1-19(2,3)25-18(24)20-16(12-14-8-5-4-6-9-14)17(23)21-11-7-10-15(21)13-22/h4-6,8-9,13,15-16H,7,10-12H2,1-3H3,(H,20,24). The Morgan fingerprint density at radius 3 is 2.60 bits per heavy atom. The van der Waals surface area contributed by atoms with Gasteiger partial charge in [-0.05, 0) is 39.2 Å². The van der Waals surface area contributed by atoms with Crippen LogP contribution in [0.3, 0.4) is 0 Å². The highest BCUT2D eigenvalue weighted by Gasteiger charge is 2.34. The van der Waals surface area contributed by atoms with Crippen LogP contribution >= 0.6 is 0 Å². The van der Waals surface area contributed by atoms with Gasteiger partial charge in [0.25, 0.3) is 0 Å². The van der Waals surface area contributed by atoms with Gasteiger partial charge in [-0.3, -0.25) is 4.79 Å². The monoisotopic (exact) mass is 346 g/mol. The van der Waals surface area contributed by atoms with Gasteiger partial charge in [0.05, 0.1) is 6.04 Å². The zero-order valence-corrected chi connectivity index (χ0v) is 15.0. The van der Waals surface area contributed by atoms with Gasteiger partial charge in [-0.15, -0.1) is 0 Å². The summed E-state index contributed by atoms with van der Waals surface area (Å²) in [6.45, 7) is 5.83. The molecule has 0 radical (unpaired) electrons. The van der Waals surface area contributed by atoms with Crippen LogP contribution in [0.1, 0.15) is 39.2 Å². The summed E-state index contributed by atoms with van der Waals surface area (Å²) < 4.78 is 5.28. The van der Waals surface area contributed by atoms with Crippen LogP contribution in [0.25, 0.3) is 0 Å². The first kappa shape index (κ1) is 19.0. The Morgan fingerprint density at radius 2 is 2.00 bits per heavy atom. The third-order valence-corrected chi connectivity index (χ3v) is 4.01. The van der Waals surface area contributed by atoms with Crippen molar-refractivity contribution < 1.29 is 19.1 Å². The molecule has 6 nitrogen and oxygen atoms in total. The largest absolute Gasteiger partial charge is 0.444 e. The molecule has 1 aliphatic rings. The Bertz CT molecular complexity index is 610. The molecule has 1 saturated heterocycles. The summed E-state index contributed by atoms with van der Waals surface area (Å²) in [5.41, 5.74) is 0.280. The lowest BCUT2D eigenvalue weighted by Gasteiger charge is -2.28. The number of nitrogens with one attached hydrogen (secondary N) is 1. The molecule has 0 saturated carbocycles. The van der Waals surface area contributed by atoms with Crippen LogP contribution in [0.4, 0.5) is 4.79 Å². The Hall–Kier alpha value is -2.37. The van der Waals surface area contributed by atoms with Crippen LogP contribution in [0, 0.1) is 0 Å². The van der Waals surface area contributed by atoms with Crippen LogP contribution < -0.4 is 5.32 Å². The summed E-state index contributed by atoms with van der Waals surface area (Å²) in [5.74, 6) is -0.246. The number of rotatable bonds is 5. The molecule has 1 N–H and O–H groups in total. The average Bonchev–Trinajstić information content (AvgIpc) is 3.01. The van der Waals surface area contributed by atoms with Gasteiger partial charge in [0.2, 0.25) is 5.91 Å². The van der Waals surface area contributed by atoms with E-state index >= 15 is 0 Å². The molecule has 1 aromatic rings. The molecule has 25 heavy (non-hydrogen) atoms. The van der Waals surface area contributed by atoms with E-state index in [0.29, 0.717) is 19.4 Å². The molecule has 1 aromatic carbocycles. The van der Waals surface area contributed by atoms with Crippen molar-refractivity contribution in [1.82, 2.24) is 10.2 Å². The molecule has 2 atom stereocenters. The molecule has 0 spiro atoms. The smallest absolute Gasteiger partial charge is 0.408 e. The van der Waals surface area contributed by atoms with Gasteiger partial charge in [0.1, 0.15) is 17.9 Å². The summed E-state index contributed by atoms with van der Waals surface area (Å²) >= 11 is 0. The molecule has 6 heteroatoms. The molecule has 0 aromatic heterocycles. The summed E-state index contributed by atoms with van der Waals surface area (Å²) in [7, 11) is 0. The topological polar surface area (TPSA) is 75.7 Å². The highest BCUT2D eigenvalue weighted by atomic mass is 16.6. The first-order chi connectivity index (χ1) is 11.8. The Morgan fingerprint density at radius 1 is 1.32 bits per heavy atom. The van der Waals surface area contributed by atoms with Gasteiger partial charge in [0, 0.05) is 13.0 Å². The minimum atomic E-state index is -0.766. The molecular weight excluding hydrogens is 320 g/mol. The molecule has 2 unspecified atom stereocenters. The van der Waals surface area contributed by atoms with Gasteiger partial charge in [0.15, 0.2) is 0 Å². The van der Waals surface area contributed by atoms with E-state index in [-0.39, 0.29) is 5.91 Å². The maximum Gasteiger partial charge on any atom is 0.408 e. The van der Waals surface area contributed by atoms with Crippen LogP contribution in [-0.2, 0) is 20.7 Å². The highest BCUT2D eigenvalue weighted by Crippen LogP contribution is 2.18. The molecule has 0 bridgehead atoms. The van der Waals surface area contributed by atoms with Crippen molar-refractivity contribution in [2.24, 2.45) is 0 Å². The number of hydrogen-bond donors (Lipinski definition) is 1. The zero-order valence-electron chi connectivity index (χ0n) is 15.0. The number of aldehydes is 1. The molecule has 136 valence electrons. The fraction of sp³-hybridized carbons (Fsp3) is 0.526. The van der Waals surface area contributed by atoms with Gasteiger partial charge < -0.3 is 19.7 Å². The van der Waals surface area contributed by atoms with E-state index in [1.165, 1.54) is 0 Å². The Labute approximate surface area is 148 Å². The number of likely N-dealkylation sites (tertiary alicyclic amines) is 1. The van der Waals surface area contributed by atoms with Gasteiger partial charge in [-0.2, -0.15) is 0 Å². The number of alkyl carbamates (subject to hydrolysis) is 1. The minimum Gasteiger partial charge on any atom is -0.444 e. The van der Waals surface area contributed by atoms with E-state index in [1.54, 1.807) is 25.7 Å². The Balaban J connectivity index is 2.14. The number of amides is 2. The lowest BCUT2D eigenvalue weighted by atomic mass is 10.0. The van der Waals surface area contributed by atoms with Gasteiger partial charge in [-0.25, -0.2) is 4.79 Å². The van der Waals surface area contributed by atoms with Crippen LogP contribution in [0.15, 0.2) is 30.3 Å². The average molecular weight is 346 g/mol. The lowest BCUT2D eigenvalue weighted by Crippen LogP contribution is -2.52. The second-order valence-electron chi connectivity index (χ2n) is 7.27. The fourth-order valence-electron chi connectivity index (χ4n) is 2.91. The molecule has 2 amide bonds. The molecule has 0 aliphatic carbocycles. The van der Waals surface area contributed by atoms with Crippen molar-refractivity contribution in [2.45, 2.75) is 57.7 Å². The molecule has 2 rings (SSSR count). The van der Waals surface area contributed by atoms with Crippen molar-refractivity contribution in [1.29, 1.82) is 0 Å². The van der Waals surface area contributed by atoms with E-state index in [4.69, 9.17) is 4.74 Å². The summed E-state index contributed by atoms with van der Waals surface area (Å²) in [5, 5.41) is 2.68. The van der Waals surface area contributed by atoms with E-state index in [0.717, 1.165) is 18.3 Å². The van der Waals surface area contributed by atoms with Gasteiger partial charge in [-0.1, -0.05) is 30.3 Å². The van der Waals surface area contributed by atoms with Crippen molar-refractivity contribution in [3.8, 4) is 0 Å². The van der Waals surface area contributed by atoms with Crippen molar-refractivity contribution in [3.05, 3.63) is 35.9 Å². The summed E-state index contributed by atoms with van der Waals surface area (Å²) in [4.78, 5) is 37.8. The number of hydrogen-bond acceptors (Lipinski definition) is 4. The second-order valence-corrected chi connectivity index (χ2v) is 7.27. The maximum atomic E-state index is 12.9. The lowest BCUT2D eigenvalue weighted by molar-refractivity contribution is -0.136. The first-order valence-electron chi connectivity index (χ1n) is 8.59. The minimum absolute atomic E-state index is 0.246. The van der Waals surface area contributed by atoms with Crippen LogP contribution in [-0.4, -0.2) is 47.4 Å². The van der Waals surface area contributed by atoms with E-state index in [2.05, 4.69) is 5.32 Å². The number of ether oxygens (including phenoxy) is 1. The third-order valence-electron chi connectivity index (χ3n) is 4.01. The maximum absolute atomic E-state index is 12.9. The quantitative estimate of drug-likeness (QED) is 0.830. The first-order valence-corrected chi connectivity index (χ1v) is 8.59. The van der Waals surface area contributed by atoms with E-state index in [1.807, 2.05) is 30.3 Å². The number of benzene rings is 1. The molecule has 1 fully saturated rings. The normalized spacial score (nSPS) is 18.5. The van der Waals surface area contributed by atoms with Gasteiger partial charge >= 0.3 is 6.09 Å². The molecular formula is C19H26N2O4. The SMILES string of the molecule is CC(C)(C)OC(=O)NC(Cc1ccccc1)C(=O)N1CCCC1C=O. The van der Waals surface area contributed by atoms with Crippen LogP contribution in [0.5, 0.6) is 0 Å². The van der Waals surface area contributed by atoms with Crippen molar-refractivity contribution in [3.63, 3.8) is 0 Å². The van der Waals surface area contributed by atoms with E-state index < -0.39 is 23.8 Å². The summed E-state index contributed by atoms with van der Waals surface area (Å²) in [6, 6.07) is 8.29. The van der Waals surface area contributed by atoms with Crippen molar-refractivity contribution >= 4 is 18.3 Å². The van der Waals surface area contributed by atoms with Crippen molar-refractivity contribution in [2.75, 3.05) is 6.54 Å². The molecule has 1 heterocycles. The predicted molar refractivity (Wildman–Crippen MR) is 94.1 cm³/mol. The Kier molecular flexibility index (Phi) is 6.17. The fourth-order valence-corrected chi connectivity index (χ4v) is 2.91. The third kappa shape index (κ3) is 5.59. The zero-order chi connectivity index (χ0) is 18.4. The predicted octanol–water partition coefficient (Wildman–Crippen LogP) is 2.31. The molecule has 1 aliphatic heterocycles. The number of nitrogens with zero attached hydrogens (tertiary/aromatic N) is 1. The second kappa shape index (κ2) is 8.14. The summed E-state index contributed by atoms with van der Waals surface area (Å²) in [6.07, 6.45) is 1.97. The van der Waals surface area contributed by atoms with E-state index in [9.17, 15) is 14.4 Å².